The second kappa shape index (κ2) is 8.58. The van der Waals surface area contributed by atoms with E-state index in [-0.39, 0.29) is 23.5 Å². The Bertz CT molecular complexity index is 902. The van der Waals surface area contributed by atoms with Gasteiger partial charge in [-0.15, -0.1) is 0 Å². The maximum atomic E-state index is 13.4. The van der Waals surface area contributed by atoms with Crippen molar-refractivity contribution in [3.05, 3.63) is 71.0 Å². The second-order valence-electron chi connectivity index (χ2n) is 8.74. The van der Waals surface area contributed by atoms with Crippen LogP contribution in [0, 0.1) is 18.7 Å². The van der Waals surface area contributed by atoms with Crippen molar-refractivity contribution in [3.8, 4) is 0 Å². The molecule has 158 valence electrons. The summed E-state index contributed by atoms with van der Waals surface area (Å²) in [5.74, 6) is -0.494. The Morgan fingerprint density at radius 1 is 1.00 bits per heavy atom. The molecular formula is C25H29FN2O2. The Labute approximate surface area is 177 Å². The van der Waals surface area contributed by atoms with Gasteiger partial charge in [0.25, 0.3) is 5.91 Å². The predicted octanol–water partition coefficient (Wildman–Crippen LogP) is 4.57. The van der Waals surface area contributed by atoms with E-state index in [4.69, 9.17) is 0 Å². The van der Waals surface area contributed by atoms with Crippen LogP contribution in [-0.2, 0) is 10.3 Å². The number of amides is 2. The SMILES string of the molecule is Cc1ccc(C(=O)N2CCCC(C(=O)NC3(c4ccc(F)cc4)CCCC3)C2)cc1. The van der Waals surface area contributed by atoms with Gasteiger partial charge in [0, 0.05) is 18.7 Å². The Hall–Kier alpha value is -2.69. The molecule has 0 radical (unpaired) electrons. The van der Waals surface area contributed by atoms with Gasteiger partial charge in [-0.05, 0) is 62.4 Å². The lowest BCUT2D eigenvalue weighted by Gasteiger charge is -2.36. The molecule has 2 fully saturated rings. The average Bonchev–Trinajstić information content (AvgIpc) is 3.24. The van der Waals surface area contributed by atoms with E-state index in [2.05, 4.69) is 5.32 Å². The molecule has 5 heteroatoms. The van der Waals surface area contributed by atoms with Gasteiger partial charge >= 0.3 is 0 Å². The summed E-state index contributed by atoms with van der Waals surface area (Å²) in [5, 5.41) is 3.31. The van der Waals surface area contributed by atoms with Crippen molar-refractivity contribution in [2.75, 3.05) is 13.1 Å². The first-order valence-electron chi connectivity index (χ1n) is 10.9. The van der Waals surface area contributed by atoms with E-state index in [1.54, 1.807) is 17.0 Å². The minimum atomic E-state index is -0.423. The summed E-state index contributed by atoms with van der Waals surface area (Å²) in [6.45, 7) is 3.12. The highest BCUT2D eigenvalue weighted by atomic mass is 19.1. The van der Waals surface area contributed by atoms with Crippen molar-refractivity contribution in [2.24, 2.45) is 5.92 Å². The molecule has 2 aromatic carbocycles. The van der Waals surface area contributed by atoms with Gasteiger partial charge in [-0.3, -0.25) is 9.59 Å². The molecule has 1 N–H and O–H groups in total. The molecule has 2 aliphatic rings. The quantitative estimate of drug-likeness (QED) is 0.806. The number of carbonyl (C=O) groups is 2. The Morgan fingerprint density at radius 2 is 1.67 bits per heavy atom. The fourth-order valence-electron chi connectivity index (χ4n) is 4.83. The van der Waals surface area contributed by atoms with Crippen LogP contribution in [-0.4, -0.2) is 29.8 Å². The fraction of sp³-hybridized carbons (Fsp3) is 0.440. The van der Waals surface area contributed by atoms with Gasteiger partial charge in [0.1, 0.15) is 5.82 Å². The molecule has 30 heavy (non-hydrogen) atoms. The number of likely N-dealkylation sites (tertiary alicyclic amines) is 1. The first-order chi connectivity index (χ1) is 14.5. The van der Waals surface area contributed by atoms with Gasteiger partial charge in [0.2, 0.25) is 5.91 Å². The van der Waals surface area contributed by atoms with Gasteiger partial charge < -0.3 is 10.2 Å². The third-order valence-corrected chi connectivity index (χ3v) is 6.59. The summed E-state index contributed by atoms with van der Waals surface area (Å²) in [7, 11) is 0. The zero-order valence-corrected chi connectivity index (χ0v) is 17.5. The van der Waals surface area contributed by atoms with Crippen LogP contribution in [0.25, 0.3) is 0 Å². The summed E-state index contributed by atoms with van der Waals surface area (Å²) >= 11 is 0. The van der Waals surface area contributed by atoms with E-state index < -0.39 is 5.54 Å². The molecule has 0 spiro atoms. The smallest absolute Gasteiger partial charge is 0.253 e. The molecule has 1 atom stereocenters. The van der Waals surface area contributed by atoms with Gasteiger partial charge in [-0.2, -0.15) is 0 Å². The lowest BCUT2D eigenvalue weighted by molar-refractivity contribution is -0.128. The van der Waals surface area contributed by atoms with E-state index in [1.807, 2.05) is 31.2 Å². The molecule has 4 nitrogen and oxygen atoms in total. The summed E-state index contributed by atoms with van der Waals surface area (Å²) < 4.78 is 13.4. The van der Waals surface area contributed by atoms with Crippen molar-refractivity contribution in [3.63, 3.8) is 0 Å². The Balaban J connectivity index is 1.46. The number of hydrogen-bond donors (Lipinski definition) is 1. The highest BCUT2D eigenvalue weighted by Crippen LogP contribution is 2.39. The summed E-state index contributed by atoms with van der Waals surface area (Å²) in [5.41, 5.74) is 2.33. The number of piperidine rings is 1. The third-order valence-electron chi connectivity index (χ3n) is 6.59. The first-order valence-corrected chi connectivity index (χ1v) is 10.9. The van der Waals surface area contributed by atoms with Crippen molar-refractivity contribution >= 4 is 11.8 Å². The van der Waals surface area contributed by atoms with Gasteiger partial charge in [0.15, 0.2) is 0 Å². The molecular weight excluding hydrogens is 379 g/mol. The molecule has 1 heterocycles. The van der Waals surface area contributed by atoms with E-state index in [0.717, 1.165) is 49.7 Å². The van der Waals surface area contributed by atoms with Crippen molar-refractivity contribution in [1.29, 1.82) is 0 Å². The summed E-state index contributed by atoms with van der Waals surface area (Å²) in [6.07, 6.45) is 5.41. The van der Waals surface area contributed by atoms with Gasteiger partial charge in [-0.1, -0.05) is 42.7 Å². The molecule has 0 bridgehead atoms. The summed E-state index contributed by atoms with van der Waals surface area (Å²) in [4.78, 5) is 27.9. The average molecular weight is 409 g/mol. The first kappa shape index (κ1) is 20.6. The van der Waals surface area contributed by atoms with Crippen LogP contribution in [0.3, 0.4) is 0 Å². The lowest BCUT2D eigenvalue weighted by Crippen LogP contribution is -2.51. The number of carbonyl (C=O) groups excluding carboxylic acids is 2. The third kappa shape index (κ3) is 4.25. The number of rotatable bonds is 4. The van der Waals surface area contributed by atoms with Crippen LogP contribution in [0.5, 0.6) is 0 Å². The number of nitrogens with one attached hydrogen (secondary N) is 1. The predicted molar refractivity (Wildman–Crippen MR) is 114 cm³/mol. The highest BCUT2D eigenvalue weighted by molar-refractivity contribution is 5.94. The van der Waals surface area contributed by atoms with E-state index in [9.17, 15) is 14.0 Å². The van der Waals surface area contributed by atoms with Crippen LogP contribution >= 0.6 is 0 Å². The van der Waals surface area contributed by atoms with Crippen molar-refractivity contribution < 1.29 is 14.0 Å². The zero-order chi connectivity index (χ0) is 21.1. The minimum absolute atomic E-state index is 0.00244. The van der Waals surface area contributed by atoms with Crippen LogP contribution in [0.1, 0.15) is 60.0 Å². The maximum Gasteiger partial charge on any atom is 0.253 e. The molecule has 4 rings (SSSR count). The second-order valence-corrected chi connectivity index (χ2v) is 8.74. The van der Waals surface area contributed by atoms with Crippen LogP contribution < -0.4 is 5.32 Å². The van der Waals surface area contributed by atoms with Crippen LogP contribution in [0.4, 0.5) is 4.39 Å². The number of aryl methyl sites for hydroxylation is 1. The molecule has 1 saturated carbocycles. The zero-order valence-electron chi connectivity index (χ0n) is 17.5. The largest absolute Gasteiger partial charge is 0.346 e. The topological polar surface area (TPSA) is 49.4 Å². The van der Waals surface area contributed by atoms with Gasteiger partial charge in [-0.25, -0.2) is 4.39 Å². The number of benzene rings is 2. The molecule has 2 amide bonds. The molecule has 0 aromatic heterocycles. The van der Waals surface area contributed by atoms with E-state index in [1.165, 1.54) is 12.1 Å². The van der Waals surface area contributed by atoms with E-state index in [0.29, 0.717) is 18.7 Å². The molecule has 1 saturated heterocycles. The lowest BCUT2D eigenvalue weighted by atomic mass is 9.86. The molecule has 1 aliphatic carbocycles. The molecule has 2 aromatic rings. The Kier molecular flexibility index (Phi) is 5.89. The number of halogens is 1. The maximum absolute atomic E-state index is 13.4. The number of nitrogens with zero attached hydrogens (tertiary/aromatic N) is 1. The molecule has 1 aliphatic heterocycles. The molecule has 1 unspecified atom stereocenters. The number of hydrogen-bond acceptors (Lipinski definition) is 2. The fourth-order valence-corrected chi connectivity index (χ4v) is 4.83. The van der Waals surface area contributed by atoms with Crippen LogP contribution in [0.2, 0.25) is 0 Å². The van der Waals surface area contributed by atoms with Crippen molar-refractivity contribution in [1.82, 2.24) is 10.2 Å². The standard InChI is InChI=1S/C25H29FN2O2/c1-18-6-8-19(9-7-18)24(30)28-16-4-5-20(17-28)23(29)27-25(14-2-3-15-25)21-10-12-22(26)13-11-21/h6-13,20H,2-5,14-17H2,1H3,(H,27,29). The normalized spacial score (nSPS) is 20.7. The Morgan fingerprint density at radius 3 is 2.33 bits per heavy atom. The monoisotopic (exact) mass is 408 g/mol. The van der Waals surface area contributed by atoms with Crippen LogP contribution in [0.15, 0.2) is 48.5 Å². The van der Waals surface area contributed by atoms with Crippen molar-refractivity contribution in [2.45, 2.75) is 51.0 Å². The summed E-state index contributed by atoms with van der Waals surface area (Å²) in [6, 6.07) is 14.1. The minimum Gasteiger partial charge on any atom is -0.346 e. The highest BCUT2D eigenvalue weighted by Gasteiger charge is 2.39. The van der Waals surface area contributed by atoms with Gasteiger partial charge in [0.05, 0.1) is 11.5 Å². The van der Waals surface area contributed by atoms with E-state index >= 15 is 0 Å².